The Balaban J connectivity index is 1.34. The molecular weight excluding hydrogens is 807 g/mol. The van der Waals surface area contributed by atoms with E-state index in [0.717, 1.165) is 74.0 Å². The monoisotopic (exact) mass is 832 g/mol. The maximum absolute atomic E-state index is 16.9. The van der Waals surface area contributed by atoms with Crippen molar-refractivity contribution in [3.05, 3.63) is 169 Å². The quantitative estimate of drug-likeness (QED) is 0.157. The number of aromatic nitrogens is 2. The lowest BCUT2D eigenvalue weighted by molar-refractivity contribution is -0.138. The summed E-state index contributed by atoms with van der Waals surface area (Å²) in [7, 11) is 0. The van der Waals surface area contributed by atoms with E-state index in [1.54, 1.807) is 50.0 Å². The third kappa shape index (κ3) is 4.95. The molecule has 0 amide bonds. The maximum Gasteiger partial charge on any atom is 0.420 e. The van der Waals surface area contributed by atoms with E-state index in [4.69, 9.17) is 0 Å². The first-order chi connectivity index (χ1) is 29.1. The van der Waals surface area contributed by atoms with Gasteiger partial charge in [-0.05, 0) is 60.2 Å². The summed E-state index contributed by atoms with van der Waals surface area (Å²) in [6.07, 6.45) is -9.73. The molecule has 60 heavy (non-hydrogen) atoms. The van der Waals surface area contributed by atoms with E-state index in [0.29, 0.717) is 22.1 Å². The van der Waals surface area contributed by atoms with E-state index in [9.17, 15) is 13.2 Å². The molecule has 0 saturated heterocycles. The van der Waals surface area contributed by atoms with Crippen molar-refractivity contribution in [1.82, 2.24) is 9.13 Å². The Morgan fingerprint density at radius 2 is 0.917 bits per heavy atom. The van der Waals surface area contributed by atoms with Gasteiger partial charge in [0.1, 0.15) is 5.56 Å². The molecule has 2 nitrogen and oxygen atoms in total. The van der Waals surface area contributed by atoms with Gasteiger partial charge in [0, 0.05) is 67.5 Å². The molecule has 290 valence electrons. The van der Waals surface area contributed by atoms with Gasteiger partial charge in [-0.3, -0.25) is 0 Å². The van der Waals surface area contributed by atoms with Gasteiger partial charge in [-0.2, -0.15) is 26.3 Å². The van der Waals surface area contributed by atoms with E-state index in [2.05, 4.69) is 0 Å². The molecule has 4 aromatic heterocycles. The van der Waals surface area contributed by atoms with Crippen molar-refractivity contribution in [2.75, 3.05) is 0 Å². The molecule has 8 aromatic carbocycles. The van der Waals surface area contributed by atoms with Crippen LogP contribution in [-0.4, -0.2) is 9.13 Å². The Kier molecular flexibility index (Phi) is 7.33. The van der Waals surface area contributed by atoms with Crippen molar-refractivity contribution < 1.29 is 26.3 Å². The molecule has 0 saturated carbocycles. The lowest BCUT2D eigenvalue weighted by atomic mass is 9.95. The lowest BCUT2D eigenvalue weighted by Crippen LogP contribution is -2.17. The third-order valence-corrected chi connectivity index (χ3v) is 14.0. The Bertz CT molecular complexity index is 3770. The van der Waals surface area contributed by atoms with Gasteiger partial charge in [0.2, 0.25) is 0 Å². The molecule has 10 heteroatoms. The first-order valence-electron chi connectivity index (χ1n) is 19.2. The predicted molar refractivity (Wildman–Crippen MR) is 236 cm³/mol. The van der Waals surface area contributed by atoms with Crippen LogP contribution in [0.4, 0.5) is 26.3 Å². The van der Waals surface area contributed by atoms with Crippen LogP contribution in [0.1, 0.15) is 11.1 Å². The molecule has 0 atom stereocenters. The molecule has 0 aliphatic rings. The Morgan fingerprint density at radius 1 is 0.400 bits per heavy atom. The van der Waals surface area contributed by atoms with Crippen LogP contribution in [0.2, 0.25) is 0 Å². The molecule has 0 spiro atoms. The topological polar surface area (TPSA) is 9.86 Å². The fourth-order valence-electron chi connectivity index (χ4n) is 9.39. The maximum atomic E-state index is 16.9. The second-order valence-corrected chi connectivity index (χ2v) is 17.2. The number of thiophene rings is 2. The number of alkyl halides is 6. The number of hydrogen-bond acceptors (Lipinski definition) is 2. The van der Waals surface area contributed by atoms with Gasteiger partial charge in [0.15, 0.2) is 0 Å². The normalized spacial score (nSPS) is 12.8. The standard InChI is InChI=1S/C50H26F6N2S2/c51-49(52,53)28-11-9-10-27(26-28)29-20-23-38(57-36-16-5-1-12-30(36)32-21-24-41-43(46(32)57)34-14-3-7-18-39(34)59-41)45(50(54,55)56)48(29)58-37-17-6-2-13-31(37)33-22-25-42-44(47(33)58)35-15-4-8-19-40(35)60-42/h1-26H. The van der Waals surface area contributed by atoms with Crippen molar-refractivity contribution in [1.29, 1.82) is 0 Å². The fraction of sp³-hybridized carbons (Fsp3) is 0.0400. The van der Waals surface area contributed by atoms with E-state index in [1.807, 2.05) is 109 Å². The minimum absolute atomic E-state index is 0.0126. The van der Waals surface area contributed by atoms with Crippen LogP contribution in [0.3, 0.4) is 0 Å². The Hall–Kier alpha value is -6.62. The highest BCUT2D eigenvalue weighted by Crippen LogP contribution is 2.51. The van der Waals surface area contributed by atoms with E-state index in [-0.39, 0.29) is 22.5 Å². The van der Waals surface area contributed by atoms with Crippen LogP contribution in [0.5, 0.6) is 0 Å². The summed E-state index contributed by atoms with van der Waals surface area (Å²) in [5.41, 5.74) is -0.00851. The van der Waals surface area contributed by atoms with Gasteiger partial charge in [-0.1, -0.05) is 103 Å². The molecule has 12 rings (SSSR count). The smallest absolute Gasteiger partial charge is 0.308 e. The van der Waals surface area contributed by atoms with E-state index in [1.165, 1.54) is 18.2 Å². The Labute approximate surface area is 344 Å². The Morgan fingerprint density at radius 3 is 1.48 bits per heavy atom. The SMILES string of the molecule is FC(F)(F)c1cccc(-c2ccc(-n3c4ccccc4c4ccc5sc6ccccc6c5c43)c(C(F)(F)F)c2-n2c3ccccc3c3ccc4sc5ccccc5c4c32)c1. The predicted octanol–water partition coefficient (Wildman–Crippen LogP) is 16.3. The molecule has 0 aliphatic carbocycles. The van der Waals surface area contributed by atoms with Crippen molar-refractivity contribution >= 4 is 107 Å². The zero-order valence-corrected chi connectivity index (χ0v) is 32.6. The van der Waals surface area contributed by atoms with Crippen LogP contribution < -0.4 is 0 Å². The molecule has 0 N–H and O–H groups in total. The largest absolute Gasteiger partial charge is 0.420 e. The summed E-state index contributed by atoms with van der Waals surface area (Å²) in [5.74, 6) is 0. The summed E-state index contributed by atoms with van der Waals surface area (Å²) in [6.45, 7) is 0. The van der Waals surface area contributed by atoms with Crippen molar-refractivity contribution in [3.8, 4) is 22.5 Å². The van der Waals surface area contributed by atoms with E-state index < -0.39 is 23.5 Å². The van der Waals surface area contributed by atoms with E-state index >= 15 is 13.2 Å². The van der Waals surface area contributed by atoms with Crippen LogP contribution in [0.15, 0.2) is 158 Å². The molecule has 0 radical (unpaired) electrons. The number of fused-ring (bicyclic) bond motifs is 14. The molecule has 0 bridgehead atoms. The highest BCUT2D eigenvalue weighted by atomic mass is 32.1. The minimum Gasteiger partial charge on any atom is -0.308 e. The molecule has 0 unspecified atom stereocenters. The molecular formula is C50H26F6N2S2. The van der Waals surface area contributed by atoms with Gasteiger partial charge in [0.25, 0.3) is 0 Å². The highest BCUT2D eigenvalue weighted by Gasteiger charge is 2.41. The second kappa shape index (κ2) is 12.5. The van der Waals surface area contributed by atoms with Crippen LogP contribution in [-0.2, 0) is 12.4 Å². The second-order valence-electron chi connectivity index (χ2n) is 15.0. The molecule has 0 aliphatic heterocycles. The zero-order valence-electron chi connectivity index (χ0n) is 31.0. The number of hydrogen-bond donors (Lipinski definition) is 0. The summed E-state index contributed by atoms with van der Waals surface area (Å²) in [6, 6.07) is 46.0. The number of halogens is 6. The number of nitrogens with zero attached hydrogens (tertiary/aromatic N) is 2. The fourth-order valence-corrected chi connectivity index (χ4v) is 11.6. The van der Waals surface area contributed by atoms with Gasteiger partial charge in [-0.15, -0.1) is 22.7 Å². The van der Waals surface area contributed by atoms with Crippen molar-refractivity contribution in [3.63, 3.8) is 0 Å². The lowest BCUT2D eigenvalue weighted by Gasteiger charge is -2.25. The molecule has 0 fully saturated rings. The van der Waals surface area contributed by atoms with Gasteiger partial charge >= 0.3 is 12.4 Å². The van der Waals surface area contributed by atoms with Crippen LogP contribution in [0.25, 0.3) is 106 Å². The molecule has 4 heterocycles. The van der Waals surface area contributed by atoms with Crippen molar-refractivity contribution in [2.24, 2.45) is 0 Å². The van der Waals surface area contributed by atoms with Gasteiger partial charge < -0.3 is 9.13 Å². The first kappa shape index (κ1) is 35.3. The van der Waals surface area contributed by atoms with Crippen LogP contribution in [0, 0.1) is 0 Å². The van der Waals surface area contributed by atoms with Crippen LogP contribution >= 0.6 is 22.7 Å². The van der Waals surface area contributed by atoms with Gasteiger partial charge in [-0.25, -0.2) is 0 Å². The highest BCUT2D eigenvalue weighted by molar-refractivity contribution is 7.26. The first-order valence-corrected chi connectivity index (χ1v) is 20.8. The summed E-state index contributed by atoms with van der Waals surface area (Å²) >= 11 is 3.13. The van der Waals surface area contributed by atoms with Gasteiger partial charge in [0.05, 0.1) is 39.0 Å². The molecule has 12 aromatic rings. The summed E-state index contributed by atoms with van der Waals surface area (Å²) in [4.78, 5) is 0. The van der Waals surface area contributed by atoms with Crippen molar-refractivity contribution in [2.45, 2.75) is 12.4 Å². The summed E-state index contributed by atoms with van der Waals surface area (Å²) < 4.78 is 101. The summed E-state index contributed by atoms with van der Waals surface area (Å²) in [5, 5.41) is 6.46. The minimum atomic E-state index is -5.01. The average Bonchev–Trinajstić information content (AvgIpc) is 4.00. The average molecular weight is 833 g/mol. The number of benzene rings is 8. The zero-order chi connectivity index (χ0) is 40.7. The third-order valence-electron chi connectivity index (χ3n) is 11.8. The number of para-hydroxylation sites is 2. The number of rotatable bonds is 3.